The van der Waals surface area contributed by atoms with Crippen LogP contribution in [0.1, 0.15) is 0 Å². The second-order valence-corrected chi connectivity index (χ2v) is 3.61. The van der Waals surface area contributed by atoms with Crippen LogP contribution in [0.15, 0.2) is 0 Å². The summed E-state index contributed by atoms with van der Waals surface area (Å²) in [6.45, 7) is 4.33. The van der Waals surface area contributed by atoms with Gasteiger partial charge in [-0.3, -0.25) is 5.32 Å². The molecule has 8 heteroatoms. The first-order chi connectivity index (χ1) is 7.41. The molecule has 0 aromatic carbocycles. The third kappa shape index (κ3) is 3.95. The molecule has 2 unspecified atom stereocenters. The van der Waals surface area contributed by atoms with Gasteiger partial charge in [0.1, 0.15) is 18.6 Å². The van der Waals surface area contributed by atoms with Crippen molar-refractivity contribution in [3.8, 4) is 0 Å². The fourth-order valence-electron chi connectivity index (χ4n) is 1.65. The van der Waals surface area contributed by atoms with E-state index < -0.39 is 12.1 Å². The van der Waals surface area contributed by atoms with Gasteiger partial charge in [-0.2, -0.15) is 13.2 Å². The number of rotatable bonds is 0. The Morgan fingerprint density at radius 1 is 1.44 bits per heavy atom. The van der Waals surface area contributed by atoms with E-state index >= 15 is 0 Å². The molecule has 0 aliphatic carbocycles. The van der Waals surface area contributed by atoms with Gasteiger partial charge in [-0.25, -0.2) is 0 Å². The number of carbonyl (C=O) groups is 1. The highest BCUT2D eigenvalue weighted by atomic mass is 19.4. The second-order valence-electron chi connectivity index (χ2n) is 3.61. The monoisotopic (exact) mass is 242 g/mol. The number of quaternary nitrogens is 1. The van der Waals surface area contributed by atoms with Crippen molar-refractivity contribution in [2.45, 2.75) is 12.3 Å². The van der Waals surface area contributed by atoms with Gasteiger partial charge in [-0.1, -0.05) is 0 Å². The first kappa shape index (κ1) is 13.2. The Balaban J connectivity index is 0.000000168. The number of aliphatic carboxylic acids is 1. The molecule has 2 heterocycles. The Bertz CT molecular complexity index is 235. The van der Waals surface area contributed by atoms with Crippen molar-refractivity contribution in [2.24, 2.45) is 5.92 Å². The standard InChI is InChI=1S/C6H12N2O.C2HF3O2/c1-5-2-8-4-9-6(5)3-7-1;3-2(4,5)1(6)7/h5-8H,1-4H2;(H,6,7). The van der Waals surface area contributed by atoms with E-state index in [0.29, 0.717) is 6.10 Å². The van der Waals surface area contributed by atoms with E-state index in [-0.39, 0.29) is 0 Å². The molecule has 2 fully saturated rings. The van der Waals surface area contributed by atoms with Crippen LogP contribution in [0.25, 0.3) is 0 Å². The average Bonchev–Trinajstić information content (AvgIpc) is 2.64. The predicted molar refractivity (Wildman–Crippen MR) is 44.0 cm³/mol. The van der Waals surface area contributed by atoms with Crippen LogP contribution in [0.3, 0.4) is 0 Å². The number of carboxylic acids is 1. The topological polar surface area (TPSA) is 78.0 Å². The van der Waals surface area contributed by atoms with Gasteiger partial charge in [0.25, 0.3) is 0 Å². The molecule has 0 aromatic rings. The normalized spacial score (nSPS) is 28.9. The highest BCUT2D eigenvalue weighted by Gasteiger charge is 2.33. The summed E-state index contributed by atoms with van der Waals surface area (Å²) in [6, 6.07) is 0. The summed E-state index contributed by atoms with van der Waals surface area (Å²) >= 11 is 0. The van der Waals surface area contributed by atoms with Crippen molar-refractivity contribution in [1.82, 2.24) is 5.32 Å². The molecule has 3 N–H and O–H groups in total. The van der Waals surface area contributed by atoms with Gasteiger partial charge in [0.2, 0.25) is 0 Å². The highest BCUT2D eigenvalue weighted by molar-refractivity contribution is 5.70. The SMILES string of the molecule is C1NCC2C[NH2+]CC2O1.O=C([O-])C(F)(F)F. The molecule has 2 aliphatic heterocycles. The molecular weight excluding hydrogens is 229 g/mol. The van der Waals surface area contributed by atoms with Gasteiger partial charge >= 0.3 is 6.18 Å². The zero-order chi connectivity index (χ0) is 12.2. The van der Waals surface area contributed by atoms with Crippen molar-refractivity contribution >= 4 is 5.97 Å². The highest BCUT2D eigenvalue weighted by Crippen LogP contribution is 2.11. The minimum atomic E-state index is -5.19. The molecule has 2 aliphatic rings. The van der Waals surface area contributed by atoms with E-state index in [4.69, 9.17) is 14.6 Å². The van der Waals surface area contributed by atoms with Crippen LogP contribution in [0, 0.1) is 5.92 Å². The third-order valence-electron chi connectivity index (χ3n) is 2.43. The minimum Gasteiger partial charge on any atom is -0.542 e. The van der Waals surface area contributed by atoms with Crippen LogP contribution in [-0.4, -0.2) is 44.6 Å². The zero-order valence-corrected chi connectivity index (χ0v) is 8.42. The van der Waals surface area contributed by atoms with Gasteiger partial charge in [-0.15, -0.1) is 0 Å². The van der Waals surface area contributed by atoms with Gasteiger partial charge < -0.3 is 20.0 Å². The summed E-state index contributed by atoms with van der Waals surface area (Å²) in [5, 5.41) is 14.3. The molecule has 2 saturated heterocycles. The van der Waals surface area contributed by atoms with Gasteiger partial charge in [0.15, 0.2) is 0 Å². The van der Waals surface area contributed by atoms with Crippen LogP contribution in [0.2, 0.25) is 0 Å². The maximum absolute atomic E-state index is 10.5. The van der Waals surface area contributed by atoms with Gasteiger partial charge in [0.05, 0.1) is 19.2 Å². The van der Waals surface area contributed by atoms with Crippen LogP contribution in [-0.2, 0) is 9.53 Å². The van der Waals surface area contributed by atoms with E-state index in [9.17, 15) is 13.2 Å². The number of halogens is 3. The number of nitrogens with one attached hydrogen (secondary N) is 1. The lowest BCUT2D eigenvalue weighted by Gasteiger charge is -2.22. The molecule has 16 heavy (non-hydrogen) atoms. The van der Waals surface area contributed by atoms with Crippen molar-refractivity contribution in [1.29, 1.82) is 0 Å². The predicted octanol–water partition coefficient (Wildman–Crippen LogP) is -2.58. The van der Waals surface area contributed by atoms with Crippen LogP contribution >= 0.6 is 0 Å². The molecule has 0 aromatic heterocycles. The molecule has 2 rings (SSSR count). The van der Waals surface area contributed by atoms with E-state index in [1.807, 2.05) is 0 Å². The molecule has 94 valence electrons. The molecule has 0 bridgehead atoms. The van der Waals surface area contributed by atoms with Crippen molar-refractivity contribution in [2.75, 3.05) is 26.4 Å². The Morgan fingerprint density at radius 3 is 2.56 bits per heavy atom. The number of hydrogen-bond acceptors (Lipinski definition) is 4. The molecule has 2 atom stereocenters. The fourth-order valence-corrected chi connectivity index (χ4v) is 1.65. The minimum absolute atomic E-state index is 0.547. The van der Waals surface area contributed by atoms with Gasteiger partial charge in [0, 0.05) is 6.54 Å². The molecule has 5 nitrogen and oxygen atoms in total. The number of carboxylic acid groups (broad SMARTS) is 1. The number of nitrogens with two attached hydrogens (primary N) is 1. The van der Waals surface area contributed by atoms with Crippen molar-refractivity contribution in [3.05, 3.63) is 0 Å². The van der Waals surface area contributed by atoms with Crippen molar-refractivity contribution in [3.63, 3.8) is 0 Å². The Kier molecular flexibility index (Phi) is 4.51. The van der Waals surface area contributed by atoms with E-state index in [1.165, 1.54) is 13.1 Å². The van der Waals surface area contributed by atoms with Crippen LogP contribution < -0.4 is 15.7 Å². The largest absolute Gasteiger partial charge is 0.542 e. The molecule has 0 amide bonds. The van der Waals surface area contributed by atoms with E-state index in [0.717, 1.165) is 19.2 Å². The van der Waals surface area contributed by atoms with Crippen molar-refractivity contribution < 1.29 is 33.1 Å². The quantitative estimate of drug-likeness (QED) is 0.489. The lowest BCUT2D eigenvalue weighted by Crippen LogP contribution is -2.82. The summed E-state index contributed by atoms with van der Waals surface area (Å²) in [7, 11) is 0. The van der Waals surface area contributed by atoms with E-state index in [2.05, 4.69) is 10.6 Å². The molecule has 0 saturated carbocycles. The Labute approximate surface area is 90.0 Å². The number of alkyl halides is 3. The fraction of sp³-hybridized carbons (Fsp3) is 0.875. The van der Waals surface area contributed by atoms with Crippen LogP contribution in [0.5, 0.6) is 0 Å². The van der Waals surface area contributed by atoms with Gasteiger partial charge in [-0.05, 0) is 0 Å². The number of fused-ring (bicyclic) bond motifs is 1. The molecular formula is C8H13F3N2O3. The second kappa shape index (κ2) is 5.46. The van der Waals surface area contributed by atoms with E-state index in [1.54, 1.807) is 0 Å². The third-order valence-corrected chi connectivity index (χ3v) is 2.43. The first-order valence-electron chi connectivity index (χ1n) is 4.83. The maximum atomic E-state index is 10.5. The smallest absolute Gasteiger partial charge is 0.430 e. The lowest BCUT2D eigenvalue weighted by molar-refractivity contribution is -0.640. The molecule has 0 spiro atoms. The Hall–Kier alpha value is -0.860. The number of carbonyl (C=O) groups excluding carboxylic acids is 1. The summed E-state index contributed by atoms with van der Waals surface area (Å²) in [5.74, 6) is -2.23. The summed E-state index contributed by atoms with van der Waals surface area (Å²) in [6.07, 6.45) is -4.65. The Morgan fingerprint density at radius 2 is 2.06 bits per heavy atom. The number of ether oxygens (including phenoxy) is 1. The number of hydrogen-bond donors (Lipinski definition) is 2. The first-order valence-corrected chi connectivity index (χ1v) is 4.83. The molecule has 0 radical (unpaired) electrons. The summed E-state index contributed by atoms with van der Waals surface area (Å²) in [5.41, 5.74) is 0. The average molecular weight is 242 g/mol. The lowest BCUT2D eigenvalue weighted by atomic mass is 10.1. The van der Waals surface area contributed by atoms with Crippen LogP contribution in [0.4, 0.5) is 13.2 Å². The maximum Gasteiger partial charge on any atom is 0.430 e. The zero-order valence-electron chi connectivity index (χ0n) is 8.42. The summed E-state index contributed by atoms with van der Waals surface area (Å²) < 4.78 is 37.0. The summed E-state index contributed by atoms with van der Waals surface area (Å²) in [4.78, 5) is 8.78.